The average molecular weight is 564 g/mol. The van der Waals surface area contributed by atoms with Crippen molar-refractivity contribution in [3.8, 4) is 28.5 Å². The van der Waals surface area contributed by atoms with Crippen molar-refractivity contribution in [3.63, 3.8) is 0 Å². The minimum atomic E-state index is -3.90. The molecule has 2 aromatic carbocycles. The molecule has 0 atom stereocenters. The van der Waals surface area contributed by atoms with Crippen molar-refractivity contribution >= 4 is 38.4 Å². The number of carbonyl (C=O) groups excluding carboxylic acids is 2. The van der Waals surface area contributed by atoms with E-state index in [1.807, 2.05) is 0 Å². The van der Waals surface area contributed by atoms with Gasteiger partial charge in [-0.3, -0.25) is 10.1 Å². The molecule has 2 N–H and O–H groups in total. The molecule has 0 spiro atoms. The summed E-state index contributed by atoms with van der Waals surface area (Å²) in [5, 5.41) is 14.7. The molecule has 2 heterocycles. The van der Waals surface area contributed by atoms with E-state index in [1.54, 1.807) is 23.6 Å². The quantitative estimate of drug-likeness (QED) is 0.371. The van der Waals surface area contributed by atoms with Gasteiger partial charge in [0.25, 0.3) is 5.91 Å². The zero-order valence-electron chi connectivity index (χ0n) is 20.5. The molecule has 3 aromatic rings. The van der Waals surface area contributed by atoms with Gasteiger partial charge in [-0.2, -0.15) is 4.31 Å². The number of methoxy groups -OCH3 is 2. The van der Waals surface area contributed by atoms with E-state index < -0.39 is 34.3 Å². The summed E-state index contributed by atoms with van der Waals surface area (Å²) in [6.45, 7) is 0.192. The summed E-state index contributed by atoms with van der Waals surface area (Å²) >= 11 is 1.17. The Balaban J connectivity index is 1.38. The standard InChI is InChI=1S/C24H25N3O9S2/c1-33-20-6-3-15(11-21(20)34-2)18-14-37-24(25-18)26-22(29)13-36-23(30)17-12-16(4-5-19(17)28)38(31,32)27-7-9-35-10-8-27/h3-6,11-12,14,28H,7-10,13H2,1-2H3,(H,25,26,29). The van der Waals surface area contributed by atoms with Crippen LogP contribution in [0.4, 0.5) is 5.13 Å². The highest BCUT2D eigenvalue weighted by molar-refractivity contribution is 7.89. The molecule has 1 amide bonds. The van der Waals surface area contributed by atoms with Gasteiger partial charge in [-0.05, 0) is 36.4 Å². The van der Waals surface area contributed by atoms with Crippen LogP contribution < -0.4 is 14.8 Å². The van der Waals surface area contributed by atoms with E-state index >= 15 is 0 Å². The third kappa shape index (κ3) is 6.05. The third-order valence-corrected chi connectivity index (χ3v) is 8.21. The first-order valence-corrected chi connectivity index (χ1v) is 13.6. The number of thiazole rings is 1. The van der Waals surface area contributed by atoms with Crippen LogP contribution in [0.5, 0.6) is 17.2 Å². The van der Waals surface area contributed by atoms with Crippen LogP contribution in [0.3, 0.4) is 0 Å². The second kappa shape index (κ2) is 11.8. The first-order valence-electron chi connectivity index (χ1n) is 11.3. The molecular formula is C24H25N3O9S2. The number of nitrogens with zero attached hydrogens (tertiary/aromatic N) is 2. The van der Waals surface area contributed by atoms with Gasteiger partial charge >= 0.3 is 5.97 Å². The van der Waals surface area contributed by atoms with Gasteiger partial charge in [0.15, 0.2) is 23.2 Å². The highest BCUT2D eigenvalue weighted by atomic mass is 32.2. The maximum atomic E-state index is 12.9. The number of sulfonamides is 1. The predicted octanol–water partition coefficient (Wildman–Crippen LogP) is 2.35. The molecule has 14 heteroatoms. The average Bonchev–Trinajstić information content (AvgIpc) is 3.40. The van der Waals surface area contributed by atoms with Gasteiger partial charge in [0.1, 0.15) is 11.3 Å². The number of ether oxygens (including phenoxy) is 4. The van der Waals surface area contributed by atoms with Crippen molar-refractivity contribution in [3.05, 3.63) is 47.3 Å². The number of carbonyl (C=O) groups is 2. The zero-order valence-corrected chi connectivity index (χ0v) is 22.1. The molecule has 1 saturated heterocycles. The van der Waals surface area contributed by atoms with Crippen molar-refractivity contribution in [2.75, 3.05) is 52.4 Å². The Bertz CT molecular complexity index is 1430. The van der Waals surface area contributed by atoms with E-state index in [-0.39, 0.29) is 41.9 Å². The van der Waals surface area contributed by atoms with Crippen LogP contribution in [-0.4, -0.2) is 81.8 Å². The van der Waals surface area contributed by atoms with Crippen LogP contribution in [0, 0.1) is 0 Å². The van der Waals surface area contributed by atoms with E-state index in [1.165, 1.54) is 35.9 Å². The summed E-state index contributed by atoms with van der Waals surface area (Å²) in [5.74, 6) is -1.10. The number of phenols is 1. The third-order valence-electron chi connectivity index (χ3n) is 5.56. The molecule has 0 unspecified atom stereocenters. The number of amides is 1. The normalized spacial score (nSPS) is 14.1. The molecular weight excluding hydrogens is 538 g/mol. The van der Waals surface area contributed by atoms with E-state index in [0.29, 0.717) is 17.2 Å². The number of benzene rings is 2. The number of morpholine rings is 1. The number of hydrogen-bond acceptors (Lipinski definition) is 11. The van der Waals surface area contributed by atoms with Crippen LogP contribution in [0.2, 0.25) is 0 Å². The van der Waals surface area contributed by atoms with Crippen molar-refractivity contribution in [2.24, 2.45) is 0 Å². The van der Waals surface area contributed by atoms with Crippen LogP contribution in [-0.2, 0) is 24.3 Å². The number of aromatic nitrogens is 1. The van der Waals surface area contributed by atoms with Crippen LogP contribution in [0.25, 0.3) is 11.3 Å². The van der Waals surface area contributed by atoms with Gasteiger partial charge in [-0.25, -0.2) is 18.2 Å². The maximum Gasteiger partial charge on any atom is 0.342 e. The first-order chi connectivity index (χ1) is 18.2. The fourth-order valence-electron chi connectivity index (χ4n) is 3.60. The first kappa shape index (κ1) is 27.3. The Labute approximate surface area is 222 Å². The van der Waals surface area contributed by atoms with E-state index in [2.05, 4.69) is 10.3 Å². The smallest absolute Gasteiger partial charge is 0.342 e. The lowest BCUT2D eigenvalue weighted by Crippen LogP contribution is -2.40. The van der Waals surface area contributed by atoms with Gasteiger partial charge in [-0.1, -0.05) is 0 Å². The summed E-state index contributed by atoms with van der Waals surface area (Å²) in [5.41, 5.74) is 0.955. The monoisotopic (exact) mass is 563 g/mol. The molecule has 202 valence electrons. The molecule has 1 fully saturated rings. The summed E-state index contributed by atoms with van der Waals surface area (Å²) in [7, 11) is -0.846. The fourth-order valence-corrected chi connectivity index (χ4v) is 5.77. The van der Waals surface area contributed by atoms with Gasteiger partial charge in [-0.15, -0.1) is 11.3 Å². The van der Waals surface area contributed by atoms with Crippen molar-refractivity contribution in [1.29, 1.82) is 0 Å². The number of esters is 1. The molecule has 0 bridgehead atoms. The fraction of sp³-hybridized carbons (Fsp3) is 0.292. The number of rotatable bonds is 9. The summed E-state index contributed by atoms with van der Waals surface area (Å²) in [6.07, 6.45) is 0. The van der Waals surface area contributed by atoms with Gasteiger partial charge in [0.2, 0.25) is 10.0 Å². The lowest BCUT2D eigenvalue weighted by atomic mass is 10.1. The predicted molar refractivity (Wildman–Crippen MR) is 137 cm³/mol. The van der Waals surface area contributed by atoms with Crippen LogP contribution in [0.15, 0.2) is 46.7 Å². The number of phenolic OH excluding ortho intramolecular Hbond substituents is 1. The number of hydrogen-bond donors (Lipinski definition) is 2. The highest BCUT2D eigenvalue weighted by Gasteiger charge is 2.28. The van der Waals surface area contributed by atoms with Gasteiger partial charge in [0, 0.05) is 24.0 Å². The number of anilines is 1. The zero-order chi connectivity index (χ0) is 27.3. The second-order valence-electron chi connectivity index (χ2n) is 7.93. The lowest BCUT2D eigenvalue weighted by molar-refractivity contribution is -0.119. The molecule has 12 nitrogen and oxygen atoms in total. The molecule has 4 rings (SSSR count). The molecule has 0 aliphatic carbocycles. The van der Waals surface area contributed by atoms with Gasteiger partial charge in [0.05, 0.1) is 38.0 Å². The van der Waals surface area contributed by atoms with Crippen LogP contribution in [0.1, 0.15) is 10.4 Å². The topological polar surface area (TPSA) is 154 Å². The van der Waals surface area contributed by atoms with E-state index in [0.717, 1.165) is 17.7 Å². The minimum Gasteiger partial charge on any atom is -0.507 e. The SMILES string of the molecule is COc1ccc(-c2csc(NC(=O)COC(=O)c3cc(S(=O)(=O)N4CCOCC4)ccc3O)n2)cc1OC. The summed E-state index contributed by atoms with van der Waals surface area (Å²) < 4.78 is 47.7. The summed E-state index contributed by atoms with van der Waals surface area (Å²) in [6, 6.07) is 8.60. The Morgan fingerprint density at radius 3 is 2.55 bits per heavy atom. The van der Waals surface area contributed by atoms with Gasteiger partial charge < -0.3 is 24.1 Å². The molecule has 0 radical (unpaired) electrons. The van der Waals surface area contributed by atoms with E-state index in [9.17, 15) is 23.1 Å². The molecule has 1 aliphatic rings. The Morgan fingerprint density at radius 2 is 1.84 bits per heavy atom. The van der Waals surface area contributed by atoms with Crippen molar-refractivity contribution in [2.45, 2.75) is 4.90 Å². The second-order valence-corrected chi connectivity index (χ2v) is 10.7. The maximum absolute atomic E-state index is 12.9. The Morgan fingerprint density at radius 1 is 1.11 bits per heavy atom. The summed E-state index contributed by atoms with van der Waals surface area (Å²) in [4.78, 5) is 29.1. The van der Waals surface area contributed by atoms with E-state index in [4.69, 9.17) is 18.9 Å². The molecule has 1 aromatic heterocycles. The largest absolute Gasteiger partial charge is 0.507 e. The van der Waals surface area contributed by atoms with Crippen molar-refractivity contribution < 1.29 is 42.1 Å². The highest BCUT2D eigenvalue weighted by Crippen LogP contribution is 2.33. The minimum absolute atomic E-state index is 0.174. The Kier molecular flexibility index (Phi) is 8.46. The van der Waals surface area contributed by atoms with Crippen molar-refractivity contribution in [1.82, 2.24) is 9.29 Å². The molecule has 38 heavy (non-hydrogen) atoms. The molecule has 0 saturated carbocycles. The van der Waals surface area contributed by atoms with Crippen LogP contribution >= 0.6 is 11.3 Å². The lowest BCUT2D eigenvalue weighted by Gasteiger charge is -2.26. The number of aromatic hydroxyl groups is 1. The Hall–Kier alpha value is -3.72. The molecule has 1 aliphatic heterocycles. The number of nitrogens with one attached hydrogen (secondary N) is 1.